The highest BCUT2D eigenvalue weighted by molar-refractivity contribution is 5.99. The average molecular weight is 363 g/mol. The Morgan fingerprint density at radius 3 is 2.88 bits per heavy atom. The lowest BCUT2D eigenvalue weighted by atomic mass is 9.79. The van der Waals surface area contributed by atoms with E-state index in [0.29, 0.717) is 6.54 Å². The predicted octanol–water partition coefficient (Wildman–Crippen LogP) is 3.06. The third-order valence-electron chi connectivity index (χ3n) is 5.38. The molecule has 0 unspecified atom stereocenters. The molecule has 1 N–H and O–H groups in total. The molecule has 0 saturated heterocycles. The van der Waals surface area contributed by atoms with Crippen LogP contribution < -0.4 is 0 Å². The molecule has 1 aliphatic carbocycles. The van der Waals surface area contributed by atoms with Gasteiger partial charge in [-0.2, -0.15) is 13.2 Å². The first-order chi connectivity index (χ1) is 12.2. The number of amides is 1. The van der Waals surface area contributed by atoms with Crippen LogP contribution in [0.1, 0.15) is 11.1 Å². The van der Waals surface area contributed by atoms with Crippen molar-refractivity contribution in [3.63, 3.8) is 0 Å². The minimum Gasteiger partial charge on any atom is -0.361 e. The number of hydrogen-bond acceptors (Lipinski definition) is 2. The fourth-order valence-corrected chi connectivity index (χ4v) is 4.24. The number of benzene rings is 1. The van der Waals surface area contributed by atoms with E-state index >= 15 is 0 Å². The first kappa shape index (κ1) is 17.1. The van der Waals surface area contributed by atoms with E-state index in [9.17, 15) is 18.0 Å². The van der Waals surface area contributed by atoms with Gasteiger partial charge in [-0.15, -0.1) is 0 Å². The summed E-state index contributed by atoms with van der Waals surface area (Å²) >= 11 is 0. The van der Waals surface area contributed by atoms with Crippen LogP contribution >= 0.6 is 0 Å². The normalized spacial score (nSPS) is 22.9. The van der Waals surface area contributed by atoms with Crippen LogP contribution in [0.4, 0.5) is 13.2 Å². The maximum Gasteiger partial charge on any atom is 0.406 e. The van der Waals surface area contributed by atoms with Crippen LogP contribution in [0, 0.1) is 5.92 Å². The van der Waals surface area contributed by atoms with Crippen molar-refractivity contribution < 1.29 is 18.0 Å². The summed E-state index contributed by atoms with van der Waals surface area (Å²) in [5.74, 6) is -1.07. The minimum absolute atomic E-state index is 0.140. The maximum atomic E-state index is 12.6. The minimum atomic E-state index is -4.39. The SMILES string of the molecule is CN(CC(F)(F)F)C(=O)[C@@H]1C=C2c3cccc4[nH]cc(c34)C[C@H]2N(C)C1. The highest BCUT2D eigenvalue weighted by Gasteiger charge is 2.38. The van der Waals surface area contributed by atoms with Crippen LogP contribution in [0.2, 0.25) is 0 Å². The number of halogens is 3. The topological polar surface area (TPSA) is 39.3 Å². The predicted molar refractivity (Wildman–Crippen MR) is 93.6 cm³/mol. The number of aromatic amines is 1. The van der Waals surface area contributed by atoms with Crippen LogP contribution in [0.3, 0.4) is 0 Å². The second kappa shape index (κ2) is 5.87. The molecule has 4 rings (SSSR count). The van der Waals surface area contributed by atoms with Crippen molar-refractivity contribution in [3.05, 3.63) is 41.6 Å². The Balaban J connectivity index is 1.71. The third kappa shape index (κ3) is 2.80. The lowest BCUT2D eigenvalue weighted by Gasteiger charge is -2.40. The van der Waals surface area contributed by atoms with Crippen molar-refractivity contribution in [2.45, 2.75) is 18.6 Å². The molecule has 138 valence electrons. The fraction of sp³-hybridized carbons (Fsp3) is 0.421. The highest BCUT2D eigenvalue weighted by atomic mass is 19.4. The molecule has 0 saturated carbocycles. The number of H-pyrrole nitrogens is 1. The summed E-state index contributed by atoms with van der Waals surface area (Å²) in [5, 5.41) is 1.15. The summed E-state index contributed by atoms with van der Waals surface area (Å²) in [6.45, 7) is -0.804. The number of carbonyl (C=O) groups is 1. The second-order valence-electron chi connectivity index (χ2n) is 7.24. The Morgan fingerprint density at radius 2 is 2.15 bits per heavy atom. The van der Waals surface area contributed by atoms with Crippen LogP contribution in [-0.4, -0.2) is 60.1 Å². The van der Waals surface area contributed by atoms with Gasteiger partial charge < -0.3 is 9.88 Å². The van der Waals surface area contributed by atoms with Gasteiger partial charge in [0.2, 0.25) is 5.91 Å². The summed E-state index contributed by atoms with van der Waals surface area (Å²) in [6.07, 6.45) is 0.341. The Hall–Kier alpha value is -2.28. The number of likely N-dealkylation sites (N-methyl/N-ethyl adjacent to an activating group) is 1. The fourth-order valence-electron chi connectivity index (χ4n) is 4.24. The van der Waals surface area contributed by atoms with Gasteiger partial charge in [-0.3, -0.25) is 9.69 Å². The number of carbonyl (C=O) groups excluding carboxylic acids is 1. The van der Waals surface area contributed by atoms with Crippen LogP contribution in [0.15, 0.2) is 30.5 Å². The van der Waals surface area contributed by atoms with Gasteiger partial charge in [-0.1, -0.05) is 18.2 Å². The number of aromatic nitrogens is 1. The third-order valence-corrected chi connectivity index (χ3v) is 5.38. The molecule has 0 fully saturated rings. The van der Waals surface area contributed by atoms with E-state index in [1.165, 1.54) is 12.6 Å². The molecule has 0 radical (unpaired) electrons. The average Bonchev–Trinajstić information content (AvgIpc) is 2.98. The summed E-state index contributed by atoms with van der Waals surface area (Å²) in [7, 11) is 3.14. The van der Waals surface area contributed by atoms with Gasteiger partial charge in [-0.25, -0.2) is 0 Å². The maximum absolute atomic E-state index is 12.6. The van der Waals surface area contributed by atoms with Crippen LogP contribution in [0.5, 0.6) is 0 Å². The quantitative estimate of drug-likeness (QED) is 0.891. The van der Waals surface area contributed by atoms with Gasteiger partial charge in [0.25, 0.3) is 0 Å². The van der Waals surface area contributed by atoms with E-state index in [1.807, 2.05) is 37.5 Å². The standard InChI is InChI=1S/C19H20F3N3O/c1-24-9-12(18(26)25(2)10-19(20,21)22)6-14-13-4-3-5-15-17(13)11(8-23-15)7-16(14)24/h3-6,8,12,16,23H,7,9-10H2,1-2H3/t12-,16-/m1/s1. The van der Waals surface area contributed by atoms with Crippen molar-refractivity contribution in [2.24, 2.45) is 5.92 Å². The molecule has 2 atom stereocenters. The smallest absolute Gasteiger partial charge is 0.361 e. The van der Waals surface area contributed by atoms with E-state index < -0.39 is 24.5 Å². The molecule has 0 spiro atoms. The molecule has 0 bridgehead atoms. The van der Waals surface area contributed by atoms with Gasteiger partial charge in [0, 0.05) is 36.7 Å². The Kier molecular flexibility index (Phi) is 3.87. The Labute approximate surface area is 149 Å². The molecule has 26 heavy (non-hydrogen) atoms. The van der Waals surface area contributed by atoms with Gasteiger partial charge in [0.1, 0.15) is 6.54 Å². The lowest BCUT2D eigenvalue weighted by Crippen LogP contribution is -2.48. The van der Waals surface area contributed by atoms with Crippen LogP contribution in [-0.2, 0) is 11.2 Å². The second-order valence-corrected chi connectivity index (χ2v) is 7.24. The summed E-state index contributed by atoms with van der Waals surface area (Å²) in [4.78, 5) is 18.7. The highest BCUT2D eigenvalue weighted by Crippen LogP contribution is 2.41. The van der Waals surface area contributed by atoms with Gasteiger partial charge in [0.05, 0.1) is 5.92 Å². The molecule has 7 heteroatoms. The summed E-state index contributed by atoms with van der Waals surface area (Å²) in [6, 6.07) is 6.14. The molecule has 2 aliphatic rings. The molecule has 4 nitrogen and oxygen atoms in total. The Morgan fingerprint density at radius 1 is 1.38 bits per heavy atom. The number of fused-ring (bicyclic) bond motifs is 2. The zero-order chi connectivity index (χ0) is 18.6. The number of nitrogens with one attached hydrogen (secondary N) is 1. The van der Waals surface area contributed by atoms with Crippen molar-refractivity contribution in [1.29, 1.82) is 0 Å². The van der Waals surface area contributed by atoms with E-state index in [2.05, 4.69) is 9.88 Å². The molecule has 1 amide bonds. The number of rotatable bonds is 2. The zero-order valence-electron chi connectivity index (χ0n) is 14.6. The van der Waals surface area contributed by atoms with Crippen LogP contribution in [0.25, 0.3) is 16.5 Å². The Bertz CT molecular complexity index is 899. The number of hydrogen-bond donors (Lipinski definition) is 1. The summed E-state index contributed by atoms with van der Waals surface area (Å²) < 4.78 is 37.9. The monoisotopic (exact) mass is 363 g/mol. The molecule has 1 aromatic heterocycles. The first-order valence-corrected chi connectivity index (χ1v) is 8.57. The van der Waals surface area contributed by atoms with Crippen molar-refractivity contribution >= 4 is 22.4 Å². The van der Waals surface area contributed by atoms with E-state index in [1.54, 1.807) is 0 Å². The molecule has 1 aromatic carbocycles. The van der Waals surface area contributed by atoms with E-state index in [0.717, 1.165) is 33.4 Å². The van der Waals surface area contributed by atoms with E-state index in [4.69, 9.17) is 0 Å². The van der Waals surface area contributed by atoms with Gasteiger partial charge >= 0.3 is 6.18 Å². The largest absolute Gasteiger partial charge is 0.406 e. The van der Waals surface area contributed by atoms with Gasteiger partial charge in [-0.05, 0) is 36.2 Å². The van der Waals surface area contributed by atoms with E-state index in [-0.39, 0.29) is 6.04 Å². The lowest BCUT2D eigenvalue weighted by molar-refractivity contribution is -0.160. The molecule has 2 heterocycles. The molecular formula is C19H20F3N3O. The van der Waals surface area contributed by atoms with Crippen molar-refractivity contribution in [2.75, 3.05) is 27.2 Å². The molecular weight excluding hydrogens is 343 g/mol. The van der Waals surface area contributed by atoms with Crippen molar-refractivity contribution in [3.8, 4) is 0 Å². The summed E-state index contributed by atoms with van der Waals surface area (Å²) in [5.41, 5.74) is 4.39. The molecule has 2 aromatic rings. The first-order valence-electron chi connectivity index (χ1n) is 8.57. The number of nitrogens with zero attached hydrogens (tertiary/aromatic N) is 2. The zero-order valence-corrected chi connectivity index (χ0v) is 14.6. The molecule has 1 aliphatic heterocycles. The van der Waals surface area contributed by atoms with Crippen molar-refractivity contribution in [1.82, 2.24) is 14.8 Å². The van der Waals surface area contributed by atoms with Gasteiger partial charge in [0.15, 0.2) is 0 Å². The number of alkyl halides is 3.